The Morgan fingerprint density at radius 1 is 1.10 bits per heavy atom. The van der Waals surface area contributed by atoms with E-state index in [9.17, 15) is 14.7 Å². The zero-order valence-electron chi connectivity index (χ0n) is 10.8. The first-order chi connectivity index (χ1) is 9.90. The number of imide groups is 1. The first kappa shape index (κ1) is 15.3. The summed E-state index contributed by atoms with van der Waals surface area (Å²) in [4.78, 5) is 26.6. The molecule has 0 bridgehead atoms. The minimum atomic E-state index is -0.339. The smallest absolute Gasteiger partial charge is 0.237 e. The number of amides is 2. The molecule has 1 saturated heterocycles. The van der Waals surface area contributed by atoms with Crippen LogP contribution in [0.25, 0.3) is 0 Å². The van der Waals surface area contributed by atoms with Crippen LogP contribution >= 0.6 is 43.5 Å². The van der Waals surface area contributed by atoms with Crippen LogP contribution in [0.1, 0.15) is 12.8 Å². The lowest BCUT2D eigenvalue weighted by atomic mass is 9.81. The summed E-state index contributed by atoms with van der Waals surface area (Å²) in [5.74, 6) is -1.31. The summed E-state index contributed by atoms with van der Waals surface area (Å²) in [6.07, 6.45) is 1.20. The molecule has 3 rings (SSSR count). The SMILES string of the molecule is O=C1C2CC(Br)C(Br)CC2C(=O)N1c1cc(Cl)ccc1O. The highest BCUT2D eigenvalue weighted by atomic mass is 79.9. The molecule has 1 N–H and O–H groups in total. The van der Waals surface area contributed by atoms with Crippen LogP contribution in [-0.4, -0.2) is 26.6 Å². The average molecular weight is 438 g/mol. The number of phenols is 1. The van der Waals surface area contributed by atoms with Crippen molar-refractivity contribution in [1.82, 2.24) is 0 Å². The number of aromatic hydroxyl groups is 1. The maximum Gasteiger partial charge on any atom is 0.237 e. The molecule has 2 amide bonds. The third-order valence-corrected chi connectivity index (χ3v) is 7.06. The van der Waals surface area contributed by atoms with Gasteiger partial charge in [0, 0.05) is 14.7 Å². The second kappa shape index (κ2) is 5.56. The molecule has 1 aliphatic heterocycles. The number of benzene rings is 1. The molecule has 4 atom stereocenters. The molecular formula is C14H12Br2ClNO3. The van der Waals surface area contributed by atoms with Gasteiger partial charge in [-0.05, 0) is 31.0 Å². The highest BCUT2D eigenvalue weighted by Crippen LogP contribution is 2.46. The van der Waals surface area contributed by atoms with Crippen LogP contribution in [0.15, 0.2) is 18.2 Å². The Kier molecular flexibility index (Phi) is 4.05. The molecule has 1 aromatic rings. The number of rotatable bonds is 1. The fraction of sp³-hybridized carbons (Fsp3) is 0.429. The van der Waals surface area contributed by atoms with Gasteiger partial charge in [0.2, 0.25) is 11.8 Å². The number of anilines is 1. The fourth-order valence-corrected chi connectivity index (χ4v) is 4.41. The number of hydrogen-bond acceptors (Lipinski definition) is 3. The molecule has 2 aliphatic rings. The van der Waals surface area contributed by atoms with Crippen LogP contribution in [0.3, 0.4) is 0 Å². The Balaban J connectivity index is 2.00. The minimum Gasteiger partial charge on any atom is -0.506 e. The van der Waals surface area contributed by atoms with Crippen molar-refractivity contribution in [1.29, 1.82) is 0 Å². The summed E-state index contributed by atoms with van der Waals surface area (Å²) < 4.78 is 0. The van der Waals surface area contributed by atoms with Gasteiger partial charge >= 0.3 is 0 Å². The summed E-state index contributed by atoms with van der Waals surface area (Å²) in [5.41, 5.74) is 0.171. The Morgan fingerprint density at radius 3 is 2.14 bits per heavy atom. The molecule has 1 aromatic carbocycles. The lowest BCUT2D eigenvalue weighted by molar-refractivity contribution is -0.122. The van der Waals surface area contributed by atoms with E-state index >= 15 is 0 Å². The summed E-state index contributed by atoms with van der Waals surface area (Å²) >= 11 is 13.0. The molecule has 1 heterocycles. The maximum atomic E-state index is 12.6. The molecule has 0 spiro atoms. The molecule has 7 heteroatoms. The molecular weight excluding hydrogens is 425 g/mol. The molecule has 0 radical (unpaired) electrons. The zero-order valence-corrected chi connectivity index (χ0v) is 14.7. The number of phenolic OH excluding ortho intramolecular Hbond substituents is 1. The van der Waals surface area contributed by atoms with Gasteiger partial charge in [0.15, 0.2) is 0 Å². The van der Waals surface area contributed by atoms with Gasteiger partial charge in [-0.3, -0.25) is 9.59 Å². The normalized spacial score (nSPS) is 32.4. The van der Waals surface area contributed by atoms with Crippen LogP contribution in [0.4, 0.5) is 5.69 Å². The van der Waals surface area contributed by atoms with Crippen molar-refractivity contribution in [3.63, 3.8) is 0 Å². The van der Waals surface area contributed by atoms with Gasteiger partial charge in [0.25, 0.3) is 0 Å². The number of fused-ring (bicyclic) bond motifs is 1. The Morgan fingerprint density at radius 2 is 1.62 bits per heavy atom. The van der Waals surface area contributed by atoms with E-state index in [2.05, 4.69) is 31.9 Å². The van der Waals surface area contributed by atoms with E-state index in [0.29, 0.717) is 17.9 Å². The highest BCUT2D eigenvalue weighted by molar-refractivity contribution is 9.12. The molecule has 1 saturated carbocycles. The van der Waals surface area contributed by atoms with Crippen molar-refractivity contribution in [3.8, 4) is 5.75 Å². The van der Waals surface area contributed by atoms with Gasteiger partial charge in [-0.25, -0.2) is 4.90 Å². The van der Waals surface area contributed by atoms with Crippen LogP contribution in [-0.2, 0) is 9.59 Å². The molecule has 4 unspecified atom stereocenters. The van der Waals surface area contributed by atoms with Crippen molar-refractivity contribution in [3.05, 3.63) is 23.2 Å². The van der Waals surface area contributed by atoms with E-state index in [-0.39, 0.29) is 44.7 Å². The predicted molar refractivity (Wildman–Crippen MR) is 87.3 cm³/mol. The second-order valence-electron chi connectivity index (χ2n) is 5.36. The number of carbonyl (C=O) groups is 2. The average Bonchev–Trinajstić information content (AvgIpc) is 2.66. The Bertz CT molecular complexity index is 596. The first-order valence-corrected chi connectivity index (χ1v) is 8.75. The fourth-order valence-electron chi connectivity index (χ4n) is 3.01. The summed E-state index contributed by atoms with van der Waals surface area (Å²) in [6.45, 7) is 0. The third kappa shape index (κ3) is 2.51. The van der Waals surface area contributed by atoms with Crippen molar-refractivity contribution >= 4 is 61.0 Å². The summed E-state index contributed by atoms with van der Waals surface area (Å²) in [6, 6.07) is 4.35. The zero-order chi connectivity index (χ0) is 15.3. The number of nitrogens with zero attached hydrogens (tertiary/aromatic N) is 1. The number of alkyl halides is 2. The van der Waals surface area contributed by atoms with Crippen molar-refractivity contribution < 1.29 is 14.7 Å². The van der Waals surface area contributed by atoms with Crippen molar-refractivity contribution in [2.24, 2.45) is 11.8 Å². The molecule has 2 fully saturated rings. The molecule has 21 heavy (non-hydrogen) atoms. The van der Waals surface area contributed by atoms with Crippen LogP contribution < -0.4 is 4.90 Å². The van der Waals surface area contributed by atoms with Gasteiger partial charge in [0.1, 0.15) is 5.75 Å². The molecule has 4 nitrogen and oxygen atoms in total. The molecule has 112 valence electrons. The van der Waals surface area contributed by atoms with Crippen molar-refractivity contribution in [2.45, 2.75) is 22.5 Å². The topological polar surface area (TPSA) is 57.6 Å². The van der Waals surface area contributed by atoms with Gasteiger partial charge in [-0.1, -0.05) is 43.5 Å². The van der Waals surface area contributed by atoms with Gasteiger partial charge in [0.05, 0.1) is 17.5 Å². The van der Waals surface area contributed by atoms with E-state index in [4.69, 9.17) is 11.6 Å². The molecule has 1 aliphatic carbocycles. The largest absolute Gasteiger partial charge is 0.506 e. The van der Waals surface area contributed by atoms with Crippen LogP contribution in [0.2, 0.25) is 5.02 Å². The second-order valence-corrected chi connectivity index (χ2v) is 8.15. The summed E-state index contributed by atoms with van der Waals surface area (Å²) in [5, 5.41) is 10.3. The van der Waals surface area contributed by atoms with E-state index in [1.807, 2.05) is 0 Å². The maximum absolute atomic E-state index is 12.6. The Labute approximate surface area is 143 Å². The predicted octanol–water partition coefficient (Wildman–Crippen LogP) is 3.47. The monoisotopic (exact) mass is 435 g/mol. The quantitative estimate of drug-likeness (QED) is 0.541. The lowest BCUT2D eigenvalue weighted by Crippen LogP contribution is -2.34. The number of carbonyl (C=O) groups excluding carboxylic acids is 2. The van der Waals surface area contributed by atoms with Crippen molar-refractivity contribution in [2.75, 3.05) is 4.90 Å². The number of halogens is 3. The van der Waals surface area contributed by atoms with E-state index in [1.54, 1.807) is 0 Å². The molecule has 0 aromatic heterocycles. The summed E-state index contributed by atoms with van der Waals surface area (Å²) in [7, 11) is 0. The third-order valence-electron chi connectivity index (χ3n) is 4.09. The van der Waals surface area contributed by atoms with Crippen LogP contribution in [0.5, 0.6) is 5.75 Å². The Hall–Kier alpha value is -0.590. The first-order valence-electron chi connectivity index (χ1n) is 6.54. The van der Waals surface area contributed by atoms with Gasteiger partial charge in [-0.15, -0.1) is 0 Å². The van der Waals surface area contributed by atoms with Gasteiger partial charge in [-0.2, -0.15) is 0 Å². The lowest BCUT2D eigenvalue weighted by Gasteiger charge is -2.29. The number of hydrogen-bond donors (Lipinski definition) is 1. The van der Waals surface area contributed by atoms with E-state index in [1.165, 1.54) is 18.2 Å². The van der Waals surface area contributed by atoms with E-state index in [0.717, 1.165) is 4.90 Å². The van der Waals surface area contributed by atoms with E-state index < -0.39 is 0 Å². The van der Waals surface area contributed by atoms with Gasteiger partial charge < -0.3 is 5.11 Å². The van der Waals surface area contributed by atoms with Crippen LogP contribution in [0, 0.1) is 11.8 Å². The minimum absolute atomic E-state index is 0.120. The highest BCUT2D eigenvalue weighted by Gasteiger charge is 2.52. The standard InChI is InChI=1S/C14H12Br2ClNO3/c15-9-4-7-8(5-10(9)16)14(21)18(13(7)20)11-3-6(17)1-2-12(11)19/h1-3,7-10,19H,4-5H2.